The molecule has 1 unspecified atom stereocenters. The summed E-state index contributed by atoms with van der Waals surface area (Å²) < 4.78 is 20.2. The summed E-state index contributed by atoms with van der Waals surface area (Å²) in [6.07, 6.45) is 2.92. The van der Waals surface area contributed by atoms with Crippen molar-refractivity contribution in [3.63, 3.8) is 0 Å². The highest BCUT2D eigenvalue weighted by molar-refractivity contribution is 6.01. The molecule has 2 heterocycles. The normalized spacial score (nSPS) is 28.3. The van der Waals surface area contributed by atoms with Crippen LogP contribution >= 0.6 is 0 Å². The van der Waals surface area contributed by atoms with Gasteiger partial charge in [-0.1, -0.05) is 0 Å². The summed E-state index contributed by atoms with van der Waals surface area (Å²) in [7, 11) is 0. The van der Waals surface area contributed by atoms with Crippen LogP contribution in [0.15, 0.2) is 12.1 Å². The maximum absolute atomic E-state index is 14.4. The first-order valence-electron chi connectivity index (χ1n) is 8.85. The molecule has 3 atom stereocenters. The van der Waals surface area contributed by atoms with Crippen LogP contribution in [0.1, 0.15) is 48.0 Å². The lowest BCUT2D eigenvalue weighted by molar-refractivity contribution is -0.394. The van der Waals surface area contributed by atoms with E-state index in [1.54, 1.807) is 6.07 Å². The summed E-state index contributed by atoms with van der Waals surface area (Å²) in [5, 5.41) is 10.0. The highest BCUT2D eigenvalue weighted by Crippen LogP contribution is 2.33. The quantitative estimate of drug-likeness (QED) is 0.688. The van der Waals surface area contributed by atoms with Crippen LogP contribution in [0.25, 0.3) is 0 Å². The van der Waals surface area contributed by atoms with E-state index in [1.807, 2.05) is 0 Å². The number of aliphatic hydroxyl groups excluding tert-OH is 1. The minimum atomic E-state index is -0.608. The van der Waals surface area contributed by atoms with Crippen LogP contribution in [-0.4, -0.2) is 45.9 Å². The molecule has 1 aromatic carbocycles. The minimum Gasteiger partial charge on any atom is -0.486 e. The Morgan fingerprint density at radius 3 is 2.77 bits per heavy atom. The molecule has 4 N–H and O–H groups in total. The molecule has 1 aromatic rings. The lowest BCUT2D eigenvalue weighted by Crippen LogP contribution is -2.82. The third-order valence-corrected chi connectivity index (χ3v) is 5.38. The molecule has 1 aliphatic carbocycles. The number of rotatable bonds is 3. The highest BCUT2D eigenvalue weighted by Gasteiger charge is 2.41. The molecule has 0 bridgehead atoms. The molecule has 0 saturated heterocycles. The van der Waals surface area contributed by atoms with Crippen LogP contribution in [0.5, 0.6) is 5.75 Å². The van der Waals surface area contributed by atoms with Crippen LogP contribution in [0.4, 0.5) is 4.39 Å². The van der Waals surface area contributed by atoms with Gasteiger partial charge in [0.15, 0.2) is 17.6 Å². The molecule has 0 spiro atoms. The van der Waals surface area contributed by atoms with Crippen LogP contribution in [0.2, 0.25) is 0 Å². The number of carbonyl (C=O) groups is 2. The van der Waals surface area contributed by atoms with Gasteiger partial charge in [0, 0.05) is 18.2 Å². The van der Waals surface area contributed by atoms with Crippen molar-refractivity contribution in [3.8, 4) is 5.75 Å². The predicted octanol–water partition coefficient (Wildman–Crippen LogP) is -0.234. The Hall–Kier alpha value is -2.48. The zero-order valence-electron chi connectivity index (χ0n) is 14.2. The number of hydrogen-bond donors (Lipinski definition) is 3. The van der Waals surface area contributed by atoms with E-state index in [2.05, 4.69) is 4.99 Å². The van der Waals surface area contributed by atoms with E-state index >= 15 is 0 Å². The second-order valence-corrected chi connectivity index (χ2v) is 7.11. The Morgan fingerprint density at radius 2 is 2.08 bits per heavy atom. The number of halogens is 1. The van der Waals surface area contributed by atoms with Crippen molar-refractivity contribution in [2.24, 2.45) is 5.73 Å². The van der Waals surface area contributed by atoms with Gasteiger partial charge in [-0.3, -0.25) is 4.79 Å². The molecular weight excluding hydrogens is 341 g/mol. The van der Waals surface area contributed by atoms with Crippen molar-refractivity contribution in [2.75, 3.05) is 0 Å². The molecule has 1 saturated carbocycles. The number of fused-ring (bicyclic) bond motifs is 1. The van der Waals surface area contributed by atoms with Gasteiger partial charge < -0.3 is 20.5 Å². The first-order chi connectivity index (χ1) is 12.4. The largest absolute Gasteiger partial charge is 0.486 e. The number of nitrogens with one attached hydrogen (secondary N) is 1. The average Bonchev–Trinajstić information content (AvgIpc) is 3.13. The Labute approximate surface area is 149 Å². The second kappa shape index (κ2) is 6.35. The summed E-state index contributed by atoms with van der Waals surface area (Å²) in [5.41, 5.74) is 6.88. The van der Waals surface area contributed by atoms with E-state index in [0.717, 1.165) is 19.3 Å². The molecule has 26 heavy (non-hydrogen) atoms. The zero-order chi connectivity index (χ0) is 18.4. The first-order valence-corrected chi connectivity index (χ1v) is 8.85. The van der Waals surface area contributed by atoms with Crippen molar-refractivity contribution < 1.29 is 28.8 Å². The molecule has 7 nitrogen and oxygen atoms in total. The van der Waals surface area contributed by atoms with Gasteiger partial charge in [0.2, 0.25) is 0 Å². The molecule has 0 radical (unpaired) electrons. The van der Waals surface area contributed by atoms with Gasteiger partial charge in [0.25, 0.3) is 5.91 Å². The maximum atomic E-state index is 14.4. The van der Waals surface area contributed by atoms with Crippen LogP contribution in [-0.2, 0) is 11.3 Å². The lowest BCUT2D eigenvalue weighted by Gasteiger charge is -2.24. The second-order valence-electron chi connectivity index (χ2n) is 7.11. The summed E-state index contributed by atoms with van der Waals surface area (Å²) in [6.45, 7) is 0.228. The predicted molar refractivity (Wildman–Crippen MR) is 89.1 cm³/mol. The molecular formula is C18H21FN3O4+. The van der Waals surface area contributed by atoms with E-state index in [4.69, 9.17) is 10.5 Å². The van der Waals surface area contributed by atoms with Crippen molar-refractivity contribution in [3.05, 3.63) is 29.1 Å². The minimum absolute atomic E-state index is 0.103. The summed E-state index contributed by atoms with van der Waals surface area (Å²) >= 11 is 0. The fraction of sp³-hybridized carbons (Fsp3) is 0.500. The van der Waals surface area contributed by atoms with Crippen LogP contribution in [0, 0.1) is 5.82 Å². The van der Waals surface area contributed by atoms with Crippen molar-refractivity contribution in [2.45, 2.75) is 56.8 Å². The van der Waals surface area contributed by atoms with E-state index in [1.165, 1.54) is 11.0 Å². The number of hydrogen-bond acceptors (Lipinski definition) is 4. The number of nitrogens with zero attached hydrogens (tertiary/aromatic N) is 1. The Bertz CT molecular complexity index is 810. The van der Waals surface area contributed by atoms with Crippen LogP contribution in [0.3, 0.4) is 0 Å². The van der Waals surface area contributed by atoms with Gasteiger partial charge in [-0.05, 0) is 43.4 Å². The number of ether oxygens (including phenoxy) is 1. The van der Waals surface area contributed by atoms with Gasteiger partial charge >= 0.3 is 11.8 Å². The van der Waals surface area contributed by atoms with E-state index in [9.17, 15) is 19.1 Å². The number of aliphatic hydroxyl groups is 1. The molecule has 2 aliphatic heterocycles. The number of nitrogens with two attached hydrogens (primary N) is 1. The highest BCUT2D eigenvalue weighted by atomic mass is 19.1. The fourth-order valence-electron chi connectivity index (χ4n) is 3.94. The number of benzene rings is 1. The number of carbonyl (C=O) groups excluding carboxylic acids is 2. The summed E-state index contributed by atoms with van der Waals surface area (Å²) in [6, 6.07) is 2.01. The standard InChI is InChI=1S/C18H20FN3O4/c19-11-7-10-9(6-15(11)26-14-3-1-2-12(14)20)8-22(18(10)25)13-4-5-16(23)21-17(13)24/h6-7,12-14H,1-5,8,20H2,(H,21,23,24)/p+1/t12-,13?,14-/m0/s1. The monoisotopic (exact) mass is 362 g/mol. The average molecular weight is 362 g/mol. The van der Waals surface area contributed by atoms with E-state index in [-0.39, 0.29) is 54.1 Å². The molecule has 8 heteroatoms. The lowest BCUT2D eigenvalue weighted by atomic mass is 10.1. The Balaban J connectivity index is 1.58. The van der Waals surface area contributed by atoms with E-state index in [0.29, 0.717) is 12.0 Å². The molecule has 4 rings (SSSR count). The van der Waals surface area contributed by atoms with Crippen LogP contribution < -0.4 is 15.5 Å². The zero-order valence-corrected chi connectivity index (χ0v) is 14.2. The number of amides is 2. The van der Waals surface area contributed by atoms with E-state index < -0.39 is 11.9 Å². The van der Waals surface area contributed by atoms with Crippen molar-refractivity contribution >= 4 is 17.7 Å². The van der Waals surface area contributed by atoms with Crippen molar-refractivity contribution in [1.29, 1.82) is 0 Å². The van der Waals surface area contributed by atoms with Crippen molar-refractivity contribution in [1.82, 2.24) is 4.90 Å². The SMILES string of the molecule is N[C@H]1CCC[C@@H]1Oc1cc2c(cc1F)C(=O)N(C1CCC(=O)[NH+]=C1O)C2. The molecule has 138 valence electrons. The topological polar surface area (TPSA) is 107 Å². The first kappa shape index (κ1) is 17.0. The molecule has 2 amide bonds. The molecule has 3 aliphatic rings. The molecule has 1 fully saturated rings. The van der Waals surface area contributed by atoms with Gasteiger partial charge in [-0.25, -0.2) is 9.18 Å². The van der Waals surface area contributed by atoms with Gasteiger partial charge in [-0.2, -0.15) is 0 Å². The summed E-state index contributed by atoms with van der Waals surface area (Å²) in [5.74, 6) is -1.38. The third-order valence-electron chi connectivity index (χ3n) is 5.38. The van der Waals surface area contributed by atoms with Gasteiger partial charge in [0.05, 0.1) is 6.42 Å². The summed E-state index contributed by atoms with van der Waals surface area (Å²) in [4.78, 5) is 27.8. The molecule has 0 aromatic heterocycles. The Kier molecular flexibility index (Phi) is 4.14. The fourth-order valence-corrected chi connectivity index (χ4v) is 3.94. The van der Waals surface area contributed by atoms with Gasteiger partial charge in [0.1, 0.15) is 6.10 Å². The van der Waals surface area contributed by atoms with Gasteiger partial charge in [-0.15, -0.1) is 4.99 Å². The third kappa shape index (κ3) is 2.84. The Morgan fingerprint density at radius 1 is 1.27 bits per heavy atom. The maximum Gasteiger partial charge on any atom is 0.388 e. The smallest absolute Gasteiger partial charge is 0.388 e.